The lowest BCUT2D eigenvalue weighted by atomic mass is 10.0. The van der Waals surface area contributed by atoms with Crippen LogP contribution in [0.5, 0.6) is 11.5 Å². The van der Waals surface area contributed by atoms with Crippen LogP contribution in [-0.2, 0) is 25.5 Å². The number of hydrogen-bond acceptors (Lipinski definition) is 9. The number of pyridine rings is 1. The molecule has 1 saturated heterocycles. The van der Waals surface area contributed by atoms with Crippen molar-refractivity contribution in [1.82, 2.24) is 15.2 Å². The SMILES string of the molecule is CC(=O)N[C@@H](Cc1ccc(O)cc1)C(=O)N1CCC[C@H]1C(=O)OCOc1ccc([N+](=O)[O-])c2cccnc12. The van der Waals surface area contributed by atoms with Crippen LogP contribution in [0.25, 0.3) is 10.9 Å². The number of benzene rings is 2. The number of nitrogens with zero attached hydrogens (tertiary/aromatic N) is 3. The molecule has 0 spiro atoms. The first kappa shape index (κ1) is 26.3. The van der Waals surface area contributed by atoms with Crippen molar-refractivity contribution >= 4 is 34.4 Å². The van der Waals surface area contributed by atoms with E-state index in [0.29, 0.717) is 19.4 Å². The Balaban J connectivity index is 1.41. The summed E-state index contributed by atoms with van der Waals surface area (Å²) in [6.07, 6.45) is 2.62. The molecular weight excluding hydrogens is 496 g/mol. The molecular formula is C26H26N4O8. The first-order valence-electron chi connectivity index (χ1n) is 11.9. The van der Waals surface area contributed by atoms with Crippen LogP contribution in [0.1, 0.15) is 25.3 Å². The Labute approximate surface area is 217 Å². The summed E-state index contributed by atoms with van der Waals surface area (Å²) in [7, 11) is 0. The van der Waals surface area contributed by atoms with E-state index in [2.05, 4.69) is 10.3 Å². The molecule has 0 bridgehead atoms. The van der Waals surface area contributed by atoms with Crippen LogP contribution >= 0.6 is 0 Å². The van der Waals surface area contributed by atoms with E-state index >= 15 is 0 Å². The molecule has 12 nitrogen and oxygen atoms in total. The van der Waals surface area contributed by atoms with Crippen LogP contribution in [0.15, 0.2) is 54.7 Å². The van der Waals surface area contributed by atoms with Crippen molar-refractivity contribution in [2.24, 2.45) is 0 Å². The minimum absolute atomic E-state index is 0.0817. The maximum Gasteiger partial charge on any atom is 0.331 e. The van der Waals surface area contributed by atoms with Gasteiger partial charge in [-0.3, -0.25) is 24.7 Å². The topological polar surface area (TPSA) is 161 Å². The number of amides is 2. The lowest BCUT2D eigenvalue weighted by molar-refractivity contribution is -0.383. The van der Waals surface area contributed by atoms with Gasteiger partial charge in [0.25, 0.3) is 5.69 Å². The molecule has 1 fully saturated rings. The van der Waals surface area contributed by atoms with Gasteiger partial charge in [-0.25, -0.2) is 4.79 Å². The van der Waals surface area contributed by atoms with Gasteiger partial charge in [-0.2, -0.15) is 0 Å². The van der Waals surface area contributed by atoms with E-state index in [0.717, 1.165) is 5.56 Å². The molecule has 2 amide bonds. The van der Waals surface area contributed by atoms with Crippen molar-refractivity contribution in [3.63, 3.8) is 0 Å². The number of carbonyl (C=O) groups excluding carboxylic acids is 3. The molecule has 12 heteroatoms. The van der Waals surface area contributed by atoms with Crippen LogP contribution in [0.2, 0.25) is 0 Å². The van der Waals surface area contributed by atoms with Crippen molar-refractivity contribution in [2.45, 2.75) is 38.3 Å². The second-order valence-electron chi connectivity index (χ2n) is 8.78. The van der Waals surface area contributed by atoms with Crippen molar-refractivity contribution in [1.29, 1.82) is 0 Å². The number of likely N-dealkylation sites (tertiary alicyclic amines) is 1. The number of fused-ring (bicyclic) bond motifs is 1. The summed E-state index contributed by atoms with van der Waals surface area (Å²) in [6, 6.07) is 10.3. The van der Waals surface area contributed by atoms with Crippen LogP contribution < -0.4 is 10.1 Å². The zero-order chi connectivity index (χ0) is 27.2. The lowest BCUT2D eigenvalue weighted by Crippen LogP contribution is -2.52. The van der Waals surface area contributed by atoms with E-state index in [4.69, 9.17) is 9.47 Å². The fourth-order valence-corrected chi connectivity index (χ4v) is 4.44. The third kappa shape index (κ3) is 5.97. The third-order valence-corrected chi connectivity index (χ3v) is 6.18. The van der Waals surface area contributed by atoms with E-state index in [1.54, 1.807) is 24.3 Å². The summed E-state index contributed by atoms with van der Waals surface area (Å²) in [5.74, 6) is -1.19. The van der Waals surface area contributed by atoms with Crippen LogP contribution in [-0.4, -0.2) is 63.1 Å². The summed E-state index contributed by atoms with van der Waals surface area (Å²) in [6.45, 7) is 1.15. The number of nitro groups is 1. The van der Waals surface area contributed by atoms with E-state index in [1.165, 1.54) is 42.3 Å². The second kappa shape index (κ2) is 11.5. The number of nitrogens with one attached hydrogen (secondary N) is 1. The van der Waals surface area contributed by atoms with Crippen molar-refractivity contribution in [3.8, 4) is 11.5 Å². The van der Waals surface area contributed by atoms with Gasteiger partial charge in [0.15, 0.2) is 0 Å². The van der Waals surface area contributed by atoms with E-state index in [9.17, 15) is 29.6 Å². The van der Waals surface area contributed by atoms with Crippen LogP contribution in [0, 0.1) is 10.1 Å². The Kier molecular flexibility index (Phi) is 8.00. The standard InChI is InChI=1S/C26H26N4O8/c1-16(31)28-20(14-17-6-8-18(32)9-7-17)25(33)29-13-3-5-22(29)26(34)38-15-37-23-11-10-21(30(35)36)19-4-2-12-27-24(19)23/h2,4,6-12,20,22,32H,3,5,13-15H2,1H3,(H,28,31)/t20-,22-/m0/s1. The first-order valence-corrected chi connectivity index (χ1v) is 11.9. The molecule has 0 unspecified atom stereocenters. The molecule has 1 aliphatic heterocycles. The Bertz CT molecular complexity index is 1360. The first-order chi connectivity index (χ1) is 18.2. The smallest absolute Gasteiger partial charge is 0.331 e. The molecule has 2 atom stereocenters. The molecule has 0 aliphatic carbocycles. The number of rotatable bonds is 9. The minimum atomic E-state index is -0.903. The van der Waals surface area contributed by atoms with Gasteiger partial charge in [0.2, 0.25) is 18.6 Å². The molecule has 0 saturated carbocycles. The molecule has 38 heavy (non-hydrogen) atoms. The van der Waals surface area contributed by atoms with Gasteiger partial charge < -0.3 is 24.8 Å². The second-order valence-corrected chi connectivity index (χ2v) is 8.78. The number of non-ortho nitro benzene ring substituents is 1. The maximum atomic E-state index is 13.4. The fraction of sp³-hybridized carbons (Fsp3) is 0.308. The lowest BCUT2D eigenvalue weighted by Gasteiger charge is -2.28. The highest BCUT2D eigenvalue weighted by Crippen LogP contribution is 2.31. The van der Waals surface area contributed by atoms with E-state index in [-0.39, 0.29) is 34.5 Å². The number of nitro benzene ring substituents is 1. The zero-order valence-corrected chi connectivity index (χ0v) is 20.5. The summed E-state index contributed by atoms with van der Waals surface area (Å²) < 4.78 is 10.9. The summed E-state index contributed by atoms with van der Waals surface area (Å²) in [5, 5.41) is 23.7. The van der Waals surface area contributed by atoms with Crippen molar-refractivity contribution in [2.75, 3.05) is 13.3 Å². The monoisotopic (exact) mass is 522 g/mol. The predicted molar refractivity (Wildman–Crippen MR) is 134 cm³/mol. The van der Waals surface area contributed by atoms with Gasteiger partial charge in [-0.1, -0.05) is 12.1 Å². The summed E-state index contributed by atoms with van der Waals surface area (Å²) in [4.78, 5) is 54.3. The van der Waals surface area contributed by atoms with Gasteiger partial charge in [0.05, 0.1) is 10.3 Å². The highest BCUT2D eigenvalue weighted by Gasteiger charge is 2.38. The summed E-state index contributed by atoms with van der Waals surface area (Å²) in [5.41, 5.74) is 0.854. The number of phenols is 1. The predicted octanol–water partition coefficient (Wildman–Crippen LogP) is 2.47. The quantitative estimate of drug-likeness (QED) is 0.186. The van der Waals surface area contributed by atoms with Gasteiger partial charge in [-0.05, 0) is 48.7 Å². The molecule has 3 aromatic rings. The average molecular weight is 523 g/mol. The Hall–Kier alpha value is -4.74. The van der Waals surface area contributed by atoms with Crippen molar-refractivity contribution in [3.05, 3.63) is 70.4 Å². The molecule has 198 valence electrons. The van der Waals surface area contributed by atoms with Gasteiger partial charge >= 0.3 is 5.97 Å². The highest BCUT2D eigenvalue weighted by atomic mass is 16.7. The molecule has 1 aliphatic rings. The molecule has 2 heterocycles. The normalized spacial score (nSPS) is 15.6. The Morgan fingerprint density at radius 2 is 1.97 bits per heavy atom. The van der Waals surface area contributed by atoms with Crippen molar-refractivity contribution < 1.29 is 33.9 Å². The maximum absolute atomic E-state index is 13.4. The number of esters is 1. The number of ether oxygens (including phenoxy) is 2. The Morgan fingerprint density at radius 1 is 1.21 bits per heavy atom. The minimum Gasteiger partial charge on any atom is -0.508 e. The molecule has 0 radical (unpaired) electrons. The zero-order valence-electron chi connectivity index (χ0n) is 20.5. The number of hydrogen-bond donors (Lipinski definition) is 2. The third-order valence-electron chi connectivity index (χ3n) is 6.18. The van der Waals surface area contributed by atoms with Crippen LogP contribution in [0.3, 0.4) is 0 Å². The van der Waals surface area contributed by atoms with Gasteiger partial charge in [-0.15, -0.1) is 0 Å². The molecule has 4 rings (SSSR count). The highest BCUT2D eigenvalue weighted by molar-refractivity contribution is 5.92. The van der Waals surface area contributed by atoms with Crippen LogP contribution in [0.4, 0.5) is 5.69 Å². The fourth-order valence-electron chi connectivity index (χ4n) is 4.44. The molecule has 2 aromatic carbocycles. The molecule has 2 N–H and O–H groups in total. The number of carbonyl (C=O) groups is 3. The Morgan fingerprint density at radius 3 is 2.68 bits per heavy atom. The van der Waals surface area contributed by atoms with E-state index < -0.39 is 41.6 Å². The number of phenolic OH excluding ortho intramolecular Hbond substituents is 1. The molecule has 1 aromatic heterocycles. The van der Waals surface area contributed by atoms with Gasteiger partial charge in [0.1, 0.15) is 29.1 Å². The average Bonchev–Trinajstić information content (AvgIpc) is 3.39. The van der Waals surface area contributed by atoms with E-state index in [1.807, 2.05) is 0 Å². The van der Waals surface area contributed by atoms with Gasteiger partial charge in [0, 0.05) is 32.2 Å². The number of aromatic nitrogens is 1. The largest absolute Gasteiger partial charge is 0.508 e. The summed E-state index contributed by atoms with van der Waals surface area (Å²) >= 11 is 0. The number of aromatic hydroxyl groups is 1.